The van der Waals surface area contributed by atoms with Crippen molar-refractivity contribution < 1.29 is 24.0 Å². The second-order valence-electron chi connectivity index (χ2n) is 4.61. The SMILES string of the molecule is CCOP=O.Cc1cn(C2O[C@H](CO)C[C@H]2O)c(=O)[nH]c1=O. The first-order valence-electron chi connectivity index (χ1n) is 6.65. The summed E-state index contributed by atoms with van der Waals surface area (Å²) in [7, 11) is -0.220. The van der Waals surface area contributed by atoms with Crippen LogP contribution in [0.3, 0.4) is 0 Å². The van der Waals surface area contributed by atoms with Crippen LogP contribution in [-0.4, -0.2) is 45.2 Å². The first kappa shape index (κ1) is 18.7. The Labute approximate surface area is 127 Å². The summed E-state index contributed by atoms with van der Waals surface area (Å²) in [6.45, 7) is 3.64. The maximum absolute atomic E-state index is 11.6. The number of aromatic nitrogens is 2. The van der Waals surface area contributed by atoms with Crippen molar-refractivity contribution in [3.63, 3.8) is 0 Å². The normalized spacial score (nSPS) is 24.1. The van der Waals surface area contributed by atoms with Crippen molar-refractivity contribution in [2.45, 2.75) is 38.7 Å². The van der Waals surface area contributed by atoms with E-state index in [9.17, 15) is 19.3 Å². The number of aliphatic hydroxyl groups is 2. The minimum atomic E-state index is -0.879. The highest BCUT2D eigenvalue weighted by Gasteiger charge is 2.35. The lowest BCUT2D eigenvalue weighted by Gasteiger charge is -2.17. The molecule has 1 aromatic heterocycles. The number of ether oxygens (including phenoxy) is 1. The van der Waals surface area contributed by atoms with Crippen molar-refractivity contribution in [3.8, 4) is 0 Å². The average molecular weight is 334 g/mol. The van der Waals surface area contributed by atoms with Crippen LogP contribution in [0.2, 0.25) is 0 Å². The summed E-state index contributed by atoms with van der Waals surface area (Å²) >= 11 is 0. The third-order valence-corrected chi connectivity index (χ3v) is 3.33. The lowest BCUT2D eigenvalue weighted by Crippen LogP contribution is -2.36. The quantitative estimate of drug-likeness (QED) is 0.645. The first-order chi connectivity index (χ1) is 10.4. The van der Waals surface area contributed by atoms with E-state index in [4.69, 9.17) is 9.84 Å². The van der Waals surface area contributed by atoms with E-state index < -0.39 is 29.7 Å². The lowest BCUT2D eigenvalue weighted by molar-refractivity contribution is -0.0531. The minimum absolute atomic E-state index is 0.218. The van der Waals surface area contributed by atoms with Crippen LogP contribution in [0.4, 0.5) is 0 Å². The van der Waals surface area contributed by atoms with Gasteiger partial charge in [-0.2, -0.15) is 0 Å². The van der Waals surface area contributed by atoms with Crippen LogP contribution in [0.5, 0.6) is 0 Å². The highest BCUT2D eigenvalue weighted by atomic mass is 31.1. The smallest absolute Gasteiger partial charge is 0.330 e. The molecule has 9 nitrogen and oxygen atoms in total. The predicted octanol–water partition coefficient (Wildman–Crippen LogP) is -0.285. The Morgan fingerprint density at radius 2 is 2.23 bits per heavy atom. The largest absolute Gasteiger partial charge is 0.394 e. The van der Waals surface area contributed by atoms with Gasteiger partial charge in [0, 0.05) is 18.2 Å². The van der Waals surface area contributed by atoms with E-state index in [2.05, 4.69) is 9.51 Å². The highest BCUT2D eigenvalue weighted by molar-refractivity contribution is 7.17. The van der Waals surface area contributed by atoms with Crippen molar-refractivity contribution in [2.75, 3.05) is 13.2 Å². The average Bonchev–Trinajstić information content (AvgIpc) is 2.85. The molecule has 22 heavy (non-hydrogen) atoms. The van der Waals surface area contributed by atoms with Crippen LogP contribution in [-0.2, 0) is 13.8 Å². The minimum Gasteiger partial charge on any atom is -0.394 e. The number of nitrogens with zero attached hydrogens (tertiary/aromatic N) is 1. The van der Waals surface area contributed by atoms with Crippen molar-refractivity contribution in [3.05, 3.63) is 32.6 Å². The second kappa shape index (κ2) is 8.92. The van der Waals surface area contributed by atoms with Crippen LogP contribution in [0, 0.1) is 6.92 Å². The molecule has 1 saturated heterocycles. The molecule has 10 heteroatoms. The molecule has 0 saturated carbocycles. The predicted molar refractivity (Wildman–Crippen MR) is 76.9 cm³/mol. The van der Waals surface area contributed by atoms with Gasteiger partial charge < -0.3 is 14.9 Å². The molecule has 1 aliphatic rings. The maximum Gasteiger partial charge on any atom is 0.330 e. The van der Waals surface area contributed by atoms with Crippen LogP contribution in [0.15, 0.2) is 15.8 Å². The molecule has 3 atom stereocenters. The van der Waals surface area contributed by atoms with E-state index in [-0.39, 0.29) is 21.7 Å². The Hall–Kier alpha value is -1.38. The summed E-state index contributed by atoms with van der Waals surface area (Å²) in [5.74, 6) is 0. The summed E-state index contributed by atoms with van der Waals surface area (Å²) in [6, 6.07) is 0. The number of aromatic amines is 1. The first-order valence-corrected chi connectivity index (χ1v) is 7.38. The molecule has 0 amide bonds. The number of hydrogen-bond donors (Lipinski definition) is 3. The van der Waals surface area contributed by atoms with Gasteiger partial charge in [-0.15, -0.1) is 0 Å². The molecule has 0 spiro atoms. The number of rotatable bonds is 4. The van der Waals surface area contributed by atoms with Gasteiger partial charge >= 0.3 is 14.4 Å². The Balaban J connectivity index is 0.000000422. The Kier molecular flexibility index (Phi) is 7.57. The molecule has 0 aromatic carbocycles. The molecule has 124 valence electrons. The third-order valence-electron chi connectivity index (χ3n) is 2.97. The fourth-order valence-corrected chi connectivity index (χ4v) is 2.03. The zero-order valence-corrected chi connectivity index (χ0v) is 13.2. The molecule has 1 aromatic rings. The maximum atomic E-state index is 11.6. The van der Waals surface area contributed by atoms with Crippen LogP contribution in [0.25, 0.3) is 0 Å². The molecule has 1 aliphatic heterocycles. The van der Waals surface area contributed by atoms with Gasteiger partial charge in [-0.05, 0) is 13.8 Å². The highest BCUT2D eigenvalue weighted by Crippen LogP contribution is 2.27. The molecule has 3 N–H and O–H groups in total. The van der Waals surface area contributed by atoms with Gasteiger partial charge in [0.2, 0.25) is 0 Å². The number of hydrogen-bond acceptors (Lipinski definition) is 7. The van der Waals surface area contributed by atoms with Gasteiger partial charge in [0.05, 0.1) is 19.3 Å². The van der Waals surface area contributed by atoms with Gasteiger partial charge in [-0.25, -0.2) is 9.36 Å². The zero-order chi connectivity index (χ0) is 16.7. The molecule has 2 rings (SSSR count). The van der Waals surface area contributed by atoms with Crippen LogP contribution >= 0.6 is 8.69 Å². The van der Waals surface area contributed by atoms with Crippen molar-refractivity contribution in [2.24, 2.45) is 0 Å². The Morgan fingerprint density at radius 1 is 1.55 bits per heavy atom. The van der Waals surface area contributed by atoms with Crippen LogP contribution in [0.1, 0.15) is 25.1 Å². The van der Waals surface area contributed by atoms with E-state index >= 15 is 0 Å². The van der Waals surface area contributed by atoms with Gasteiger partial charge in [0.15, 0.2) is 6.23 Å². The van der Waals surface area contributed by atoms with Gasteiger partial charge in [0.1, 0.15) is 6.10 Å². The molecule has 1 fully saturated rings. The zero-order valence-electron chi connectivity index (χ0n) is 12.3. The summed E-state index contributed by atoms with van der Waals surface area (Å²) in [4.78, 5) is 24.9. The molecule has 0 aliphatic carbocycles. The number of aryl methyl sites for hydroxylation is 1. The van der Waals surface area contributed by atoms with Gasteiger partial charge in [-0.3, -0.25) is 18.9 Å². The van der Waals surface area contributed by atoms with E-state index in [1.165, 1.54) is 6.20 Å². The Morgan fingerprint density at radius 3 is 2.68 bits per heavy atom. The summed E-state index contributed by atoms with van der Waals surface area (Å²) < 4.78 is 20.0. The van der Waals surface area contributed by atoms with Gasteiger partial charge in [-0.1, -0.05) is 0 Å². The molecule has 0 bridgehead atoms. The Bertz CT molecular complexity index is 600. The van der Waals surface area contributed by atoms with Crippen molar-refractivity contribution >= 4 is 8.69 Å². The summed E-state index contributed by atoms with van der Waals surface area (Å²) in [5.41, 5.74) is -0.742. The van der Waals surface area contributed by atoms with Crippen molar-refractivity contribution in [1.29, 1.82) is 0 Å². The van der Waals surface area contributed by atoms with Crippen molar-refractivity contribution in [1.82, 2.24) is 9.55 Å². The molecule has 0 radical (unpaired) electrons. The summed E-state index contributed by atoms with van der Waals surface area (Å²) in [5, 5.41) is 18.7. The number of H-pyrrole nitrogens is 1. The lowest BCUT2D eigenvalue weighted by atomic mass is 10.2. The van der Waals surface area contributed by atoms with E-state index in [0.717, 1.165) is 4.57 Å². The van der Waals surface area contributed by atoms with E-state index in [1.807, 2.05) is 0 Å². The third kappa shape index (κ3) is 4.82. The summed E-state index contributed by atoms with van der Waals surface area (Å²) in [6.07, 6.45) is -0.639. The van der Waals surface area contributed by atoms with Gasteiger partial charge in [0.25, 0.3) is 5.56 Å². The monoisotopic (exact) mass is 334 g/mol. The molecular weight excluding hydrogens is 315 g/mol. The van der Waals surface area contributed by atoms with E-state index in [1.54, 1.807) is 13.8 Å². The number of nitrogens with one attached hydrogen (secondary N) is 1. The molecule has 2 heterocycles. The molecular formula is C12H19N2O7P. The second-order valence-corrected chi connectivity index (χ2v) is 5.01. The molecule has 1 unspecified atom stereocenters. The van der Waals surface area contributed by atoms with E-state index in [0.29, 0.717) is 12.2 Å². The number of aliphatic hydroxyl groups excluding tert-OH is 2. The topological polar surface area (TPSA) is 131 Å². The van der Waals surface area contributed by atoms with Crippen LogP contribution < -0.4 is 11.2 Å². The standard InChI is InChI=1S/C10H14N2O5.C2H5O2P/c1-5-3-12(10(16)11-8(5)15)9-7(14)2-6(4-13)17-9;1-2-4-5-3/h3,6-7,9,13-14H,2,4H2,1H3,(H,11,15,16);2H2,1H3/t6-,7+,9?;/m0./s1. The fraction of sp³-hybridized carbons (Fsp3) is 0.667. The fourth-order valence-electron chi connectivity index (χ4n) is 1.93.